The molecular weight excluding hydrogens is 132 g/mol. The molecule has 0 saturated carbocycles. The summed E-state index contributed by atoms with van der Waals surface area (Å²) >= 11 is 0. The fourth-order valence-corrected chi connectivity index (χ4v) is 0.585. The van der Waals surface area contributed by atoms with Gasteiger partial charge in [0, 0.05) is 0 Å². The zero-order chi connectivity index (χ0) is 7.72. The minimum Gasteiger partial charge on any atom is -0.498 e. The molecule has 54 valence electrons. The van der Waals surface area contributed by atoms with Crippen molar-refractivity contribution in [1.29, 1.82) is 0 Å². The van der Waals surface area contributed by atoms with Crippen LogP contribution in [-0.2, 0) is 9.53 Å². The molecule has 10 heavy (non-hydrogen) atoms. The number of carbonyl (C=O) groups is 1. The Bertz CT molecular complexity index is 231. The Morgan fingerprint density at radius 1 is 1.60 bits per heavy atom. The van der Waals surface area contributed by atoms with Gasteiger partial charge in [-0.1, -0.05) is 0 Å². The SMILES string of the molecule is CC(C)OC1=C=C(O)C1=O. The molecule has 0 aromatic rings. The highest BCUT2D eigenvalue weighted by molar-refractivity contribution is 6.10. The lowest BCUT2D eigenvalue weighted by Gasteiger charge is -2.13. The Balaban J connectivity index is 2.62. The lowest BCUT2D eigenvalue weighted by molar-refractivity contribution is -0.119. The number of hydrogen-bond acceptors (Lipinski definition) is 3. The van der Waals surface area contributed by atoms with Crippen molar-refractivity contribution in [1.82, 2.24) is 0 Å². The van der Waals surface area contributed by atoms with Crippen LogP contribution in [0.15, 0.2) is 17.2 Å². The van der Waals surface area contributed by atoms with E-state index in [0.717, 1.165) is 0 Å². The van der Waals surface area contributed by atoms with Gasteiger partial charge in [0.25, 0.3) is 5.78 Å². The molecule has 0 bridgehead atoms. The molecule has 1 aliphatic rings. The predicted molar refractivity (Wildman–Crippen MR) is 34.4 cm³/mol. The van der Waals surface area contributed by atoms with Gasteiger partial charge < -0.3 is 9.84 Å². The van der Waals surface area contributed by atoms with Gasteiger partial charge in [0.2, 0.25) is 11.5 Å². The quantitative estimate of drug-likeness (QED) is 0.580. The van der Waals surface area contributed by atoms with Crippen LogP contribution in [0.25, 0.3) is 0 Å². The Morgan fingerprint density at radius 3 is 2.50 bits per heavy atom. The lowest BCUT2D eigenvalue weighted by atomic mass is 10.2. The van der Waals surface area contributed by atoms with E-state index in [1.165, 1.54) is 0 Å². The molecule has 0 aromatic heterocycles. The van der Waals surface area contributed by atoms with Gasteiger partial charge in [-0.25, -0.2) is 0 Å². The van der Waals surface area contributed by atoms with Crippen LogP contribution >= 0.6 is 0 Å². The summed E-state index contributed by atoms with van der Waals surface area (Å²) in [5.74, 6) is -0.656. The first-order valence-electron chi connectivity index (χ1n) is 3.02. The first-order chi connectivity index (χ1) is 4.61. The van der Waals surface area contributed by atoms with Crippen LogP contribution < -0.4 is 0 Å². The highest BCUT2D eigenvalue weighted by atomic mass is 16.5. The number of ketones is 1. The summed E-state index contributed by atoms with van der Waals surface area (Å²) < 4.78 is 4.94. The molecule has 0 aromatic carbocycles. The van der Waals surface area contributed by atoms with Crippen LogP contribution in [0.2, 0.25) is 0 Å². The zero-order valence-electron chi connectivity index (χ0n) is 5.84. The van der Waals surface area contributed by atoms with Crippen LogP contribution in [-0.4, -0.2) is 17.0 Å². The van der Waals surface area contributed by atoms with Crippen LogP contribution in [0.5, 0.6) is 0 Å². The number of aliphatic hydroxyl groups excluding tert-OH is 1. The van der Waals surface area contributed by atoms with Crippen molar-refractivity contribution in [2.24, 2.45) is 0 Å². The molecule has 1 N–H and O–H groups in total. The first-order valence-corrected chi connectivity index (χ1v) is 3.02. The maximum absolute atomic E-state index is 10.6. The van der Waals surface area contributed by atoms with Gasteiger partial charge in [-0.2, -0.15) is 0 Å². The molecule has 0 aliphatic heterocycles. The van der Waals surface area contributed by atoms with E-state index in [1.807, 2.05) is 0 Å². The van der Waals surface area contributed by atoms with Crippen molar-refractivity contribution in [3.63, 3.8) is 0 Å². The molecule has 0 heterocycles. The molecule has 0 saturated heterocycles. The Hall–Kier alpha value is -1.21. The van der Waals surface area contributed by atoms with Crippen LogP contribution in [0.1, 0.15) is 13.8 Å². The molecule has 1 aliphatic carbocycles. The predicted octanol–water partition coefficient (Wildman–Crippen LogP) is 0.919. The molecule has 0 atom stereocenters. The minimum atomic E-state index is -0.450. The maximum atomic E-state index is 10.6. The summed E-state index contributed by atoms with van der Waals surface area (Å²) in [5.41, 5.74) is 2.34. The van der Waals surface area contributed by atoms with E-state index in [9.17, 15) is 4.79 Å². The van der Waals surface area contributed by atoms with E-state index in [4.69, 9.17) is 9.84 Å². The second-order valence-electron chi connectivity index (χ2n) is 2.30. The number of carbonyl (C=O) groups excluding carboxylic acids is 1. The summed E-state index contributed by atoms with van der Waals surface area (Å²) in [4.78, 5) is 10.6. The average molecular weight is 140 g/mol. The third-order valence-electron chi connectivity index (χ3n) is 1.01. The van der Waals surface area contributed by atoms with E-state index in [1.54, 1.807) is 13.8 Å². The second-order valence-corrected chi connectivity index (χ2v) is 2.30. The van der Waals surface area contributed by atoms with E-state index in [-0.39, 0.29) is 17.6 Å². The molecule has 0 spiro atoms. The third kappa shape index (κ3) is 1.04. The standard InChI is InChI=1S/C7H8O3/c1-4(2)10-6-3-5(8)7(6)9/h4,8H,1-2H3. The Morgan fingerprint density at radius 2 is 2.20 bits per heavy atom. The van der Waals surface area contributed by atoms with Crippen molar-refractivity contribution < 1.29 is 14.6 Å². The van der Waals surface area contributed by atoms with Crippen molar-refractivity contribution in [2.75, 3.05) is 0 Å². The molecule has 0 amide bonds. The molecule has 1 rings (SSSR count). The van der Waals surface area contributed by atoms with Crippen LogP contribution in [0.3, 0.4) is 0 Å². The highest BCUT2D eigenvalue weighted by Crippen LogP contribution is 2.14. The monoisotopic (exact) mass is 140 g/mol. The van der Waals surface area contributed by atoms with Crippen LogP contribution in [0.4, 0.5) is 0 Å². The van der Waals surface area contributed by atoms with E-state index < -0.39 is 5.78 Å². The fourth-order valence-electron chi connectivity index (χ4n) is 0.585. The number of Topliss-reactive ketones (excluding diaryl/α,β-unsaturated/α-hetero) is 1. The van der Waals surface area contributed by atoms with Gasteiger partial charge in [-0.15, -0.1) is 0 Å². The van der Waals surface area contributed by atoms with Crippen molar-refractivity contribution in [3.8, 4) is 0 Å². The van der Waals surface area contributed by atoms with E-state index >= 15 is 0 Å². The Labute approximate surface area is 58.6 Å². The topological polar surface area (TPSA) is 46.5 Å². The summed E-state index contributed by atoms with van der Waals surface area (Å²) in [5, 5.41) is 8.55. The third-order valence-corrected chi connectivity index (χ3v) is 1.01. The van der Waals surface area contributed by atoms with Crippen molar-refractivity contribution >= 4 is 5.78 Å². The number of rotatable bonds is 2. The Kier molecular flexibility index (Phi) is 1.52. The minimum absolute atomic E-state index is 0.0421. The summed E-state index contributed by atoms with van der Waals surface area (Å²) in [6.07, 6.45) is -0.0421. The van der Waals surface area contributed by atoms with Gasteiger partial charge >= 0.3 is 0 Å². The van der Waals surface area contributed by atoms with Crippen molar-refractivity contribution in [3.05, 3.63) is 17.2 Å². The van der Waals surface area contributed by atoms with Gasteiger partial charge in [0.05, 0.1) is 6.10 Å². The fraction of sp³-hybridized carbons (Fsp3) is 0.429. The number of ether oxygens (including phenoxy) is 1. The van der Waals surface area contributed by atoms with Crippen molar-refractivity contribution in [2.45, 2.75) is 20.0 Å². The summed E-state index contributed by atoms with van der Waals surface area (Å²) in [7, 11) is 0. The highest BCUT2D eigenvalue weighted by Gasteiger charge is 2.24. The lowest BCUT2D eigenvalue weighted by Crippen LogP contribution is -2.18. The largest absolute Gasteiger partial charge is 0.498 e. The molecule has 3 nitrogen and oxygen atoms in total. The normalized spacial score (nSPS) is 16.1. The van der Waals surface area contributed by atoms with Gasteiger partial charge in [-0.05, 0) is 19.6 Å². The summed E-state index contributed by atoms with van der Waals surface area (Å²) in [6.45, 7) is 3.61. The zero-order valence-corrected chi connectivity index (χ0v) is 5.84. The second kappa shape index (κ2) is 2.20. The molecular formula is C7H8O3. The van der Waals surface area contributed by atoms with Gasteiger partial charge in [0.1, 0.15) is 0 Å². The molecule has 3 heteroatoms. The molecule has 0 radical (unpaired) electrons. The molecule has 0 unspecified atom stereocenters. The summed E-state index contributed by atoms with van der Waals surface area (Å²) in [6, 6.07) is 0. The number of hydrogen-bond donors (Lipinski definition) is 1. The number of aliphatic hydroxyl groups is 1. The van der Waals surface area contributed by atoms with Crippen LogP contribution in [0, 0.1) is 0 Å². The first kappa shape index (κ1) is 6.90. The maximum Gasteiger partial charge on any atom is 0.278 e. The van der Waals surface area contributed by atoms with Gasteiger partial charge in [0.15, 0.2) is 0 Å². The van der Waals surface area contributed by atoms with E-state index in [2.05, 4.69) is 5.73 Å². The molecule has 0 fully saturated rings. The van der Waals surface area contributed by atoms with E-state index in [0.29, 0.717) is 0 Å². The smallest absolute Gasteiger partial charge is 0.278 e. The van der Waals surface area contributed by atoms with Gasteiger partial charge in [-0.3, -0.25) is 4.79 Å². The average Bonchev–Trinajstić information content (AvgIpc) is 1.86.